The number of nitro benzene ring substituents is 1. The minimum Gasteiger partial charge on any atom is -0.504 e. The van der Waals surface area contributed by atoms with E-state index in [9.17, 15) is 24.8 Å². The van der Waals surface area contributed by atoms with Crippen LogP contribution in [0.25, 0.3) is 0 Å². The highest BCUT2D eigenvalue weighted by Gasteiger charge is 2.39. The van der Waals surface area contributed by atoms with E-state index >= 15 is 0 Å². The molecule has 0 radical (unpaired) electrons. The number of aromatic hydroxyl groups is 1. The standard InChI is InChI=1S/C13H11ClN2O7/c1-13(2)22-11(18)7(12(19)23-13)5-15-9-4-6(16(20)21)3-8(14)10(9)17/h3-5,15,17H,1-2H3. The van der Waals surface area contributed by atoms with Gasteiger partial charge in [0.05, 0.1) is 15.6 Å². The molecule has 1 saturated heterocycles. The van der Waals surface area contributed by atoms with Crippen molar-refractivity contribution in [3.63, 3.8) is 0 Å². The Kier molecular flexibility index (Phi) is 4.15. The molecule has 2 N–H and O–H groups in total. The second-order valence-corrected chi connectivity index (χ2v) is 5.37. The number of nitrogens with one attached hydrogen (secondary N) is 1. The molecule has 0 saturated carbocycles. The molecule has 1 fully saturated rings. The van der Waals surface area contributed by atoms with E-state index in [-0.39, 0.29) is 16.4 Å². The summed E-state index contributed by atoms with van der Waals surface area (Å²) in [6, 6.07) is 1.95. The van der Waals surface area contributed by atoms with Crippen molar-refractivity contribution >= 4 is 34.9 Å². The molecule has 1 aliphatic rings. The first kappa shape index (κ1) is 16.6. The van der Waals surface area contributed by atoms with Gasteiger partial charge in [-0.25, -0.2) is 9.59 Å². The van der Waals surface area contributed by atoms with Crippen molar-refractivity contribution in [2.24, 2.45) is 0 Å². The van der Waals surface area contributed by atoms with Crippen molar-refractivity contribution in [2.75, 3.05) is 5.32 Å². The fourth-order valence-corrected chi connectivity index (χ4v) is 1.94. The van der Waals surface area contributed by atoms with Gasteiger partial charge >= 0.3 is 11.9 Å². The van der Waals surface area contributed by atoms with E-state index < -0.39 is 34.0 Å². The van der Waals surface area contributed by atoms with Crippen LogP contribution in [-0.2, 0) is 19.1 Å². The van der Waals surface area contributed by atoms with Gasteiger partial charge in [-0.05, 0) is 0 Å². The zero-order valence-electron chi connectivity index (χ0n) is 12.0. The molecule has 10 heteroatoms. The lowest BCUT2D eigenvalue weighted by molar-refractivity contribution is -0.384. The van der Waals surface area contributed by atoms with Gasteiger partial charge in [-0.3, -0.25) is 10.1 Å². The lowest BCUT2D eigenvalue weighted by Crippen LogP contribution is -2.42. The molecule has 0 bridgehead atoms. The van der Waals surface area contributed by atoms with Gasteiger partial charge in [0.15, 0.2) is 11.3 Å². The van der Waals surface area contributed by atoms with Crippen LogP contribution in [0.1, 0.15) is 13.8 Å². The van der Waals surface area contributed by atoms with Crippen LogP contribution in [0.15, 0.2) is 23.9 Å². The first-order valence-electron chi connectivity index (χ1n) is 6.21. The molecule has 1 aromatic rings. The Morgan fingerprint density at radius 3 is 2.39 bits per heavy atom. The Hall–Kier alpha value is -2.81. The van der Waals surface area contributed by atoms with Gasteiger partial charge in [-0.15, -0.1) is 0 Å². The number of halogens is 1. The molecule has 1 aromatic carbocycles. The Balaban J connectivity index is 2.31. The van der Waals surface area contributed by atoms with Crippen LogP contribution in [0.2, 0.25) is 5.02 Å². The number of carbonyl (C=O) groups is 2. The van der Waals surface area contributed by atoms with Crippen LogP contribution in [-0.4, -0.2) is 27.8 Å². The number of anilines is 1. The SMILES string of the molecule is CC1(C)OC(=O)C(=CNc2cc([N+](=O)[O-])cc(Cl)c2O)C(=O)O1. The Labute approximate surface area is 134 Å². The molecule has 1 aliphatic heterocycles. The number of ether oxygens (including phenoxy) is 2. The summed E-state index contributed by atoms with van der Waals surface area (Å²) in [5, 5.41) is 22.7. The Bertz CT molecular complexity index is 720. The van der Waals surface area contributed by atoms with Crippen LogP contribution in [0.3, 0.4) is 0 Å². The number of phenolic OH excluding ortho intramolecular Hbond substituents is 1. The zero-order chi connectivity index (χ0) is 17.4. The highest BCUT2D eigenvalue weighted by molar-refractivity contribution is 6.32. The second kappa shape index (κ2) is 5.76. The number of benzene rings is 1. The molecule has 1 heterocycles. The van der Waals surface area contributed by atoms with Crippen molar-refractivity contribution in [2.45, 2.75) is 19.6 Å². The minimum absolute atomic E-state index is 0.165. The van der Waals surface area contributed by atoms with E-state index in [4.69, 9.17) is 21.1 Å². The first-order chi connectivity index (χ1) is 10.6. The number of phenols is 1. The molecular formula is C13H11ClN2O7. The van der Waals surface area contributed by atoms with Gasteiger partial charge in [-0.1, -0.05) is 11.6 Å². The maximum absolute atomic E-state index is 11.7. The number of rotatable bonds is 3. The smallest absolute Gasteiger partial charge is 0.350 e. The molecule has 0 unspecified atom stereocenters. The zero-order valence-corrected chi connectivity index (χ0v) is 12.7. The van der Waals surface area contributed by atoms with E-state index in [0.29, 0.717) is 0 Å². The van der Waals surface area contributed by atoms with Gasteiger partial charge in [0.25, 0.3) is 11.5 Å². The molecule has 0 spiro atoms. The first-order valence-corrected chi connectivity index (χ1v) is 6.59. The highest BCUT2D eigenvalue weighted by atomic mass is 35.5. The average molecular weight is 343 g/mol. The second-order valence-electron chi connectivity index (χ2n) is 4.96. The normalized spacial score (nSPS) is 16.4. The predicted molar refractivity (Wildman–Crippen MR) is 77.7 cm³/mol. The van der Waals surface area contributed by atoms with Crippen molar-refractivity contribution in [3.8, 4) is 5.75 Å². The molecule has 0 aliphatic carbocycles. The maximum atomic E-state index is 11.7. The molecule has 0 aromatic heterocycles. The van der Waals surface area contributed by atoms with Gasteiger partial charge in [0.2, 0.25) is 0 Å². The molecular weight excluding hydrogens is 332 g/mol. The summed E-state index contributed by atoms with van der Waals surface area (Å²) < 4.78 is 9.75. The lowest BCUT2D eigenvalue weighted by Gasteiger charge is -2.29. The third-order valence-corrected chi connectivity index (χ3v) is 3.04. The third kappa shape index (κ3) is 3.51. The van der Waals surface area contributed by atoms with E-state index in [1.807, 2.05) is 0 Å². The number of nitro groups is 1. The minimum atomic E-state index is -1.39. The number of hydrogen-bond donors (Lipinski definition) is 2. The van der Waals surface area contributed by atoms with Crippen LogP contribution in [0.4, 0.5) is 11.4 Å². The van der Waals surface area contributed by atoms with Gasteiger partial charge in [-0.2, -0.15) is 0 Å². The van der Waals surface area contributed by atoms with E-state index in [2.05, 4.69) is 5.32 Å². The summed E-state index contributed by atoms with van der Waals surface area (Å²) in [4.78, 5) is 33.5. The summed E-state index contributed by atoms with van der Waals surface area (Å²) in [7, 11) is 0. The number of hydrogen-bond acceptors (Lipinski definition) is 8. The van der Waals surface area contributed by atoms with E-state index in [1.54, 1.807) is 0 Å². The fourth-order valence-electron chi connectivity index (χ4n) is 1.73. The topological polar surface area (TPSA) is 128 Å². The number of carbonyl (C=O) groups excluding carboxylic acids is 2. The summed E-state index contributed by atoms with van der Waals surface area (Å²) in [5.41, 5.74) is -1.02. The Morgan fingerprint density at radius 1 is 1.30 bits per heavy atom. The molecule has 9 nitrogen and oxygen atoms in total. The van der Waals surface area contributed by atoms with Gasteiger partial charge in [0.1, 0.15) is 0 Å². The van der Waals surface area contributed by atoms with Crippen molar-refractivity contribution in [1.29, 1.82) is 0 Å². The lowest BCUT2D eigenvalue weighted by atomic mass is 10.2. The number of nitrogens with zero attached hydrogens (tertiary/aromatic N) is 1. The quantitative estimate of drug-likeness (QED) is 0.213. The summed E-state index contributed by atoms with van der Waals surface area (Å²) >= 11 is 5.68. The average Bonchev–Trinajstić information content (AvgIpc) is 2.40. The van der Waals surface area contributed by atoms with Crippen LogP contribution in [0, 0.1) is 10.1 Å². The Morgan fingerprint density at radius 2 is 1.87 bits per heavy atom. The van der Waals surface area contributed by atoms with Crippen LogP contribution >= 0.6 is 11.6 Å². The van der Waals surface area contributed by atoms with Gasteiger partial charge < -0.3 is 19.9 Å². The van der Waals surface area contributed by atoms with Crippen LogP contribution < -0.4 is 5.32 Å². The predicted octanol–water partition coefficient (Wildman–Crippen LogP) is 2.09. The largest absolute Gasteiger partial charge is 0.504 e. The molecule has 23 heavy (non-hydrogen) atoms. The highest BCUT2D eigenvalue weighted by Crippen LogP contribution is 2.36. The third-order valence-electron chi connectivity index (χ3n) is 2.75. The fraction of sp³-hybridized carbons (Fsp3) is 0.231. The van der Waals surface area contributed by atoms with E-state index in [1.165, 1.54) is 13.8 Å². The molecule has 0 amide bonds. The summed E-state index contributed by atoms with van der Waals surface area (Å²) in [6.07, 6.45) is 0.912. The summed E-state index contributed by atoms with van der Waals surface area (Å²) in [5.74, 6) is -3.74. The van der Waals surface area contributed by atoms with Gasteiger partial charge in [0, 0.05) is 32.2 Å². The van der Waals surface area contributed by atoms with Crippen molar-refractivity contribution in [3.05, 3.63) is 39.0 Å². The monoisotopic (exact) mass is 342 g/mol. The molecule has 2 rings (SSSR count). The maximum Gasteiger partial charge on any atom is 0.350 e. The molecule has 122 valence electrons. The number of cyclic esters (lactones) is 2. The summed E-state index contributed by atoms with van der Waals surface area (Å²) in [6.45, 7) is 2.78. The number of esters is 2. The molecule has 0 atom stereocenters. The van der Waals surface area contributed by atoms with Crippen molar-refractivity contribution in [1.82, 2.24) is 0 Å². The van der Waals surface area contributed by atoms with Crippen LogP contribution in [0.5, 0.6) is 5.75 Å². The number of non-ortho nitro benzene ring substituents is 1. The van der Waals surface area contributed by atoms with Crippen molar-refractivity contribution < 1.29 is 29.1 Å². The van der Waals surface area contributed by atoms with E-state index in [0.717, 1.165) is 18.3 Å².